The molecule has 0 saturated carbocycles. The van der Waals surface area contributed by atoms with Crippen LogP contribution in [0.4, 0.5) is 0 Å². The molecule has 1 N–H and O–H groups in total. The molecule has 0 saturated heterocycles. The minimum absolute atomic E-state index is 0.00449. The Kier molecular flexibility index (Phi) is 3.55. The van der Waals surface area contributed by atoms with E-state index in [1.54, 1.807) is 17.8 Å². The lowest BCUT2D eigenvalue weighted by atomic mass is 10.1. The molecule has 0 aliphatic heterocycles. The van der Waals surface area contributed by atoms with Crippen molar-refractivity contribution in [3.05, 3.63) is 57.9 Å². The number of aryl methyl sites for hydroxylation is 1. The van der Waals surface area contributed by atoms with Crippen molar-refractivity contribution in [1.29, 1.82) is 0 Å². The molecular formula is C14H15NO4. The molecule has 0 aliphatic rings. The number of carboxylic acid groups (broad SMARTS) is 1. The van der Waals surface area contributed by atoms with Crippen LogP contribution in [0.15, 0.2) is 39.9 Å². The molecule has 5 heteroatoms. The van der Waals surface area contributed by atoms with Crippen molar-refractivity contribution in [3.63, 3.8) is 0 Å². The van der Waals surface area contributed by atoms with Gasteiger partial charge in [-0.25, -0.2) is 4.79 Å². The molecule has 5 nitrogen and oxygen atoms in total. The third-order valence-electron chi connectivity index (χ3n) is 3.06. The number of carbonyl (C=O) groups is 1. The van der Waals surface area contributed by atoms with Crippen LogP contribution in [0.1, 0.15) is 34.8 Å². The number of carboxylic acids is 1. The van der Waals surface area contributed by atoms with Gasteiger partial charge in [0, 0.05) is 30.4 Å². The van der Waals surface area contributed by atoms with E-state index in [0.717, 1.165) is 11.5 Å². The Labute approximate surface area is 110 Å². The first kappa shape index (κ1) is 13.1. The fourth-order valence-electron chi connectivity index (χ4n) is 2.10. The van der Waals surface area contributed by atoms with Gasteiger partial charge in [-0.3, -0.25) is 4.79 Å². The maximum atomic E-state index is 11.6. The fourth-order valence-corrected chi connectivity index (χ4v) is 2.10. The lowest BCUT2D eigenvalue weighted by Gasteiger charge is -2.18. The summed E-state index contributed by atoms with van der Waals surface area (Å²) < 4.78 is 7.06. The van der Waals surface area contributed by atoms with Crippen molar-refractivity contribution in [3.8, 4) is 0 Å². The Morgan fingerprint density at radius 2 is 2.26 bits per heavy atom. The smallest absolute Gasteiger partial charge is 0.341 e. The van der Waals surface area contributed by atoms with Gasteiger partial charge in [-0.2, -0.15) is 0 Å². The van der Waals surface area contributed by atoms with Crippen molar-refractivity contribution < 1.29 is 14.3 Å². The molecule has 2 aromatic rings. The van der Waals surface area contributed by atoms with Crippen molar-refractivity contribution in [1.82, 2.24) is 4.57 Å². The Bertz CT molecular complexity index is 640. The molecule has 2 rings (SSSR count). The zero-order valence-electron chi connectivity index (χ0n) is 10.8. The molecule has 1 atom stereocenters. The molecule has 0 spiro atoms. The van der Waals surface area contributed by atoms with Crippen molar-refractivity contribution in [2.75, 3.05) is 0 Å². The Hall–Kier alpha value is -2.30. The maximum Gasteiger partial charge on any atom is 0.341 e. The minimum Gasteiger partial charge on any atom is -0.477 e. The first-order valence-corrected chi connectivity index (χ1v) is 5.97. The summed E-state index contributed by atoms with van der Waals surface area (Å²) in [6, 6.07) is 5.03. The topological polar surface area (TPSA) is 72.4 Å². The zero-order chi connectivity index (χ0) is 14.0. The van der Waals surface area contributed by atoms with E-state index in [9.17, 15) is 9.59 Å². The second kappa shape index (κ2) is 5.14. The average Bonchev–Trinajstić information content (AvgIpc) is 2.81. The molecule has 0 aliphatic carbocycles. The molecule has 2 heterocycles. The summed E-state index contributed by atoms with van der Waals surface area (Å²) in [5.41, 5.74) is 0.0531. The van der Waals surface area contributed by atoms with Gasteiger partial charge in [0.25, 0.3) is 0 Å². The van der Waals surface area contributed by atoms with Gasteiger partial charge in [-0.15, -0.1) is 0 Å². The van der Waals surface area contributed by atoms with Crippen molar-refractivity contribution in [2.45, 2.75) is 26.3 Å². The Morgan fingerprint density at radius 1 is 1.53 bits per heavy atom. The van der Waals surface area contributed by atoms with Crippen molar-refractivity contribution >= 4 is 5.97 Å². The van der Waals surface area contributed by atoms with E-state index in [-0.39, 0.29) is 11.6 Å². The van der Waals surface area contributed by atoms with Crippen LogP contribution < -0.4 is 5.43 Å². The van der Waals surface area contributed by atoms with E-state index in [2.05, 4.69) is 0 Å². The Balaban J connectivity index is 2.36. The first-order valence-electron chi connectivity index (χ1n) is 5.97. The quantitative estimate of drug-likeness (QED) is 0.916. The standard InChI is InChI=1S/C14H15NO4/c1-9(6-11-4-3-5-19-11)15-8-12(14(17)18)13(16)7-10(15)2/h3-5,7-9H,6H2,1-2H3,(H,17,18). The molecule has 0 aromatic carbocycles. The molecule has 1 unspecified atom stereocenters. The lowest BCUT2D eigenvalue weighted by Crippen LogP contribution is -2.21. The highest BCUT2D eigenvalue weighted by atomic mass is 16.4. The van der Waals surface area contributed by atoms with Gasteiger partial charge in [0.15, 0.2) is 5.43 Å². The van der Waals surface area contributed by atoms with Crippen LogP contribution in [0.3, 0.4) is 0 Å². The predicted octanol–water partition coefficient (Wildman–Crippen LogP) is 2.25. The average molecular weight is 261 g/mol. The van der Waals surface area contributed by atoms with Crippen LogP contribution in [0.2, 0.25) is 0 Å². The zero-order valence-corrected chi connectivity index (χ0v) is 10.8. The summed E-state index contributed by atoms with van der Waals surface area (Å²) in [6.45, 7) is 3.73. The number of aromatic carboxylic acids is 1. The highest BCUT2D eigenvalue weighted by Gasteiger charge is 2.14. The minimum atomic E-state index is -1.20. The highest BCUT2D eigenvalue weighted by Crippen LogP contribution is 2.16. The number of aromatic nitrogens is 1. The predicted molar refractivity (Wildman–Crippen MR) is 69.5 cm³/mol. The van der Waals surface area contributed by atoms with E-state index >= 15 is 0 Å². The lowest BCUT2D eigenvalue weighted by molar-refractivity contribution is 0.0694. The number of pyridine rings is 1. The van der Waals surface area contributed by atoms with Gasteiger partial charge in [-0.1, -0.05) is 0 Å². The summed E-state index contributed by atoms with van der Waals surface area (Å²) in [5.74, 6) is -0.383. The van der Waals surface area contributed by atoms with E-state index in [4.69, 9.17) is 9.52 Å². The van der Waals surface area contributed by atoms with E-state index in [1.165, 1.54) is 12.3 Å². The Morgan fingerprint density at radius 3 is 2.84 bits per heavy atom. The molecule has 0 radical (unpaired) electrons. The third kappa shape index (κ3) is 2.76. The van der Waals surface area contributed by atoms with Gasteiger partial charge in [0.2, 0.25) is 0 Å². The highest BCUT2D eigenvalue weighted by molar-refractivity contribution is 5.87. The summed E-state index contributed by atoms with van der Waals surface area (Å²) in [4.78, 5) is 22.6. The maximum absolute atomic E-state index is 11.6. The summed E-state index contributed by atoms with van der Waals surface area (Å²) in [6.07, 6.45) is 3.63. The summed E-state index contributed by atoms with van der Waals surface area (Å²) in [5, 5.41) is 8.99. The number of hydrogen-bond donors (Lipinski definition) is 1. The molecule has 100 valence electrons. The molecule has 0 fully saturated rings. The second-order valence-electron chi connectivity index (χ2n) is 4.54. The van der Waals surface area contributed by atoms with Gasteiger partial charge in [0.1, 0.15) is 11.3 Å². The van der Waals surface area contributed by atoms with Crippen LogP contribution >= 0.6 is 0 Å². The first-order chi connectivity index (χ1) is 8.99. The van der Waals surface area contributed by atoms with Crippen LogP contribution in [0.5, 0.6) is 0 Å². The SMILES string of the molecule is Cc1cc(=O)c(C(=O)O)cn1C(C)Cc1ccco1. The van der Waals surface area contributed by atoms with E-state index < -0.39 is 11.4 Å². The van der Waals surface area contributed by atoms with Crippen molar-refractivity contribution in [2.24, 2.45) is 0 Å². The third-order valence-corrected chi connectivity index (χ3v) is 3.06. The van der Waals surface area contributed by atoms with Gasteiger partial charge >= 0.3 is 5.97 Å². The van der Waals surface area contributed by atoms with Gasteiger partial charge < -0.3 is 14.1 Å². The molecule has 19 heavy (non-hydrogen) atoms. The largest absolute Gasteiger partial charge is 0.477 e. The second-order valence-corrected chi connectivity index (χ2v) is 4.54. The van der Waals surface area contributed by atoms with E-state index in [1.807, 2.05) is 19.1 Å². The number of hydrogen-bond acceptors (Lipinski definition) is 3. The monoisotopic (exact) mass is 261 g/mol. The van der Waals surface area contributed by atoms with E-state index in [0.29, 0.717) is 6.42 Å². The molecular weight excluding hydrogens is 246 g/mol. The molecule has 2 aromatic heterocycles. The molecule has 0 bridgehead atoms. The summed E-state index contributed by atoms with van der Waals surface area (Å²) >= 11 is 0. The number of furan rings is 1. The number of nitrogens with zero attached hydrogens (tertiary/aromatic N) is 1. The van der Waals surface area contributed by atoms with Crippen LogP contribution in [0.25, 0.3) is 0 Å². The summed E-state index contributed by atoms with van der Waals surface area (Å²) in [7, 11) is 0. The van der Waals surface area contributed by atoms with Crippen LogP contribution in [-0.2, 0) is 6.42 Å². The fraction of sp³-hybridized carbons (Fsp3) is 0.286. The number of rotatable bonds is 4. The molecule has 0 amide bonds. The van der Waals surface area contributed by atoms with Crippen LogP contribution in [0, 0.1) is 6.92 Å². The van der Waals surface area contributed by atoms with Crippen LogP contribution in [-0.4, -0.2) is 15.6 Å². The van der Waals surface area contributed by atoms with Gasteiger partial charge in [-0.05, 0) is 26.0 Å². The van der Waals surface area contributed by atoms with Gasteiger partial charge in [0.05, 0.1) is 6.26 Å². The normalized spacial score (nSPS) is 12.3.